The molecule has 142 valence electrons. The molecule has 1 amide bonds. The normalized spacial score (nSPS) is 13.4. The van der Waals surface area contributed by atoms with Crippen molar-refractivity contribution in [2.75, 3.05) is 5.32 Å². The van der Waals surface area contributed by atoms with Crippen LogP contribution < -0.4 is 5.32 Å². The number of hydrogen-bond donors (Lipinski definition) is 1. The van der Waals surface area contributed by atoms with E-state index in [2.05, 4.69) is 10.4 Å². The third-order valence-electron chi connectivity index (χ3n) is 4.99. The van der Waals surface area contributed by atoms with Gasteiger partial charge in [-0.05, 0) is 51.3 Å². The van der Waals surface area contributed by atoms with Gasteiger partial charge in [0.1, 0.15) is 11.5 Å². The highest BCUT2D eigenvalue weighted by Crippen LogP contribution is 2.34. The second-order valence-electron chi connectivity index (χ2n) is 7.21. The molecule has 0 unspecified atom stereocenters. The molecule has 0 bridgehead atoms. The van der Waals surface area contributed by atoms with Crippen LogP contribution in [-0.4, -0.2) is 30.5 Å². The van der Waals surface area contributed by atoms with E-state index in [1.54, 1.807) is 33.0 Å². The quantitative estimate of drug-likeness (QED) is 0.569. The molecule has 0 atom stereocenters. The number of thiazole rings is 1. The van der Waals surface area contributed by atoms with E-state index in [1.807, 2.05) is 38.1 Å². The molecule has 0 aliphatic heterocycles. The molecule has 3 heterocycles. The van der Waals surface area contributed by atoms with Crippen LogP contribution in [0.5, 0.6) is 0 Å². The highest BCUT2D eigenvalue weighted by atomic mass is 32.1. The Morgan fingerprint density at radius 1 is 1.21 bits per heavy atom. The fourth-order valence-corrected chi connectivity index (χ4v) is 4.61. The van der Waals surface area contributed by atoms with Crippen LogP contribution in [0.25, 0.3) is 15.3 Å². The molecule has 0 radical (unpaired) electrons. The number of rotatable bonds is 4. The molecule has 1 aromatic carbocycles. The maximum atomic E-state index is 13.0. The molecule has 7 nitrogen and oxygen atoms in total. The predicted molar refractivity (Wildman–Crippen MR) is 109 cm³/mol. The van der Waals surface area contributed by atoms with Crippen LogP contribution >= 0.6 is 11.3 Å². The number of nitrogens with one attached hydrogen (secondary N) is 1. The Morgan fingerprint density at radius 3 is 2.89 bits per heavy atom. The van der Waals surface area contributed by atoms with Gasteiger partial charge in [-0.2, -0.15) is 14.9 Å². The third kappa shape index (κ3) is 2.72. The number of benzene rings is 1. The number of hydrogen-bond acceptors (Lipinski definition) is 5. The van der Waals surface area contributed by atoms with E-state index in [0.717, 1.165) is 51.7 Å². The number of carbonyl (C=O) groups excluding carboxylic acids is 1. The predicted octanol–water partition coefficient (Wildman–Crippen LogP) is 4.00. The van der Waals surface area contributed by atoms with Crippen LogP contribution in [0, 0.1) is 0 Å². The standard InChI is InChI=1S/C20H20N6OS/c1-12(2)25-16(10-11-21-25)19(27)23-18-13-6-5-8-14(13)24-26(18)20-22-15-7-3-4-9-17(15)28-20/h3-4,7,9-12H,5-6,8H2,1-2H3,(H,23,27). The van der Waals surface area contributed by atoms with E-state index in [0.29, 0.717) is 5.69 Å². The smallest absolute Gasteiger partial charge is 0.275 e. The highest BCUT2D eigenvalue weighted by molar-refractivity contribution is 7.20. The lowest BCUT2D eigenvalue weighted by Gasteiger charge is -2.12. The minimum atomic E-state index is -0.178. The first-order chi connectivity index (χ1) is 13.6. The maximum Gasteiger partial charge on any atom is 0.275 e. The molecule has 3 aromatic heterocycles. The molecule has 1 aliphatic carbocycles. The minimum Gasteiger partial charge on any atom is -0.305 e. The lowest BCUT2D eigenvalue weighted by molar-refractivity contribution is 0.101. The lowest BCUT2D eigenvalue weighted by atomic mass is 10.2. The minimum absolute atomic E-state index is 0.107. The summed E-state index contributed by atoms with van der Waals surface area (Å²) in [5, 5.41) is 12.9. The van der Waals surface area contributed by atoms with Gasteiger partial charge in [0, 0.05) is 17.8 Å². The summed E-state index contributed by atoms with van der Waals surface area (Å²) >= 11 is 1.57. The summed E-state index contributed by atoms with van der Waals surface area (Å²) in [6, 6.07) is 9.87. The van der Waals surface area contributed by atoms with E-state index in [1.165, 1.54) is 0 Å². The van der Waals surface area contributed by atoms with Gasteiger partial charge in [-0.15, -0.1) is 0 Å². The van der Waals surface area contributed by atoms with E-state index >= 15 is 0 Å². The molecule has 28 heavy (non-hydrogen) atoms. The van der Waals surface area contributed by atoms with Gasteiger partial charge >= 0.3 is 0 Å². The van der Waals surface area contributed by atoms with E-state index in [-0.39, 0.29) is 11.9 Å². The van der Waals surface area contributed by atoms with Crippen molar-refractivity contribution >= 4 is 33.3 Å². The summed E-state index contributed by atoms with van der Waals surface area (Å²) in [6.45, 7) is 4.01. The molecule has 8 heteroatoms. The van der Waals surface area contributed by atoms with Crippen molar-refractivity contribution in [2.45, 2.75) is 39.2 Å². The number of para-hydroxylation sites is 1. The fourth-order valence-electron chi connectivity index (χ4n) is 3.69. The Morgan fingerprint density at radius 2 is 2.07 bits per heavy atom. The van der Waals surface area contributed by atoms with Crippen LogP contribution in [0.3, 0.4) is 0 Å². The first-order valence-electron chi connectivity index (χ1n) is 9.43. The molecule has 5 rings (SSSR count). The Bertz CT molecular complexity index is 1150. The Hall–Kier alpha value is -3.00. The molecule has 0 saturated heterocycles. The van der Waals surface area contributed by atoms with Gasteiger partial charge < -0.3 is 5.32 Å². The van der Waals surface area contributed by atoms with Crippen molar-refractivity contribution < 1.29 is 4.79 Å². The monoisotopic (exact) mass is 392 g/mol. The zero-order chi connectivity index (χ0) is 19.3. The molecular formula is C20H20N6OS. The van der Waals surface area contributed by atoms with E-state index in [9.17, 15) is 4.79 Å². The maximum absolute atomic E-state index is 13.0. The third-order valence-corrected chi connectivity index (χ3v) is 6.01. The number of aryl methyl sites for hydroxylation is 1. The second-order valence-corrected chi connectivity index (χ2v) is 8.22. The van der Waals surface area contributed by atoms with E-state index in [4.69, 9.17) is 10.1 Å². The molecule has 0 spiro atoms. The lowest BCUT2D eigenvalue weighted by Crippen LogP contribution is -2.21. The highest BCUT2D eigenvalue weighted by Gasteiger charge is 2.26. The van der Waals surface area contributed by atoms with Crippen LogP contribution in [0.15, 0.2) is 36.5 Å². The molecule has 0 fully saturated rings. The number of anilines is 1. The summed E-state index contributed by atoms with van der Waals surface area (Å²) in [7, 11) is 0. The number of aromatic nitrogens is 5. The molecule has 4 aromatic rings. The molecular weight excluding hydrogens is 372 g/mol. The zero-order valence-electron chi connectivity index (χ0n) is 15.7. The SMILES string of the molecule is CC(C)n1nccc1C(=O)Nc1c2c(nn1-c1nc3ccccc3s1)CCC2. The topological polar surface area (TPSA) is 77.6 Å². The van der Waals surface area contributed by atoms with Gasteiger partial charge in [0.25, 0.3) is 5.91 Å². The van der Waals surface area contributed by atoms with Crippen molar-refractivity contribution in [2.24, 2.45) is 0 Å². The van der Waals surface area contributed by atoms with E-state index < -0.39 is 0 Å². The average molecular weight is 392 g/mol. The average Bonchev–Trinajstić information content (AvgIpc) is 3.44. The van der Waals surface area contributed by atoms with Crippen LogP contribution in [0.1, 0.15) is 48.1 Å². The summed E-state index contributed by atoms with van der Waals surface area (Å²) in [6.07, 6.45) is 4.56. The van der Waals surface area contributed by atoms with Gasteiger partial charge in [0.2, 0.25) is 5.13 Å². The molecule has 1 N–H and O–H groups in total. The van der Waals surface area contributed by atoms with Crippen LogP contribution in [-0.2, 0) is 12.8 Å². The number of fused-ring (bicyclic) bond motifs is 2. The summed E-state index contributed by atoms with van der Waals surface area (Å²) in [4.78, 5) is 17.7. The number of nitrogens with zero attached hydrogens (tertiary/aromatic N) is 5. The molecule has 0 saturated carbocycles. The Balaban J connectivity index is 1.57. The van der Waals surface area contributed by atoms with Gasteiger partial charge in [-0.1, -0.05) is 23.5 Å². The van der Waals surface area contributed by atoms with Gasteiger partial charge in [-0.3, -0.25) is 9.48 Å². The summed E-state index contributed by atoms with van der Waals surface area (Å²) < 4.78 is 4.62. The summed E-state index contributed by atoms with van der Waals surface area (Å²) in [5.74, 6) is 0.552. The van der Waals surface area contributed by atoms with Gasteiger partial charge in [-0.25, -0.2) is 4.98 Å². The first kappa shape index (κ1) is 17.1. The first-order valence-corrected chi connectivity index (χ1v) is 10.2. The van der Waals surface area contributed by atoms with Crippen LogP contribution in [0.2, 0.25) is 0 Å². The van der Waals surface area contributed by atoms with Crippen LogP contribution in [0.4, 0.5) is 5.82 Å². The number of carbonyl (C=O) groups is 1. The second kappa shape index (κ2) is 6.56. The van der Waals surface area contributed by atoms with Crippen molar-refractivity contribution in [3.8, 4) is 5.13 Å². The van der Waals surface area contributed by atoms with Crippen molar-refractivity contribution in [1.29, 1.82) is 0 Å². The van der Waals surface area contributed by atoms with Crippen molar-refractivity contribution in [3.05, 3.63) is 53.5 Å². The largest absolute Gasteiger partial charge is 0.305 e. The van der Waals surface area contributed by atoms with Gasteiger partial charge in [0.05, 0.1) is 15.9 Å². The van der Waals surface area contributed by atoms with Crippen molar-refractivity contribution in [1.82, 2.24) is 24.5 Å². The summed E-state index contributed by atoms with van der Waals surface area (Å²) in [5.41, 5.74) is 3.64. The Kier molecular flexibility index (Phi) is 4.01. The fraction of sp³-hybridized carbons (Fsp3) is 0.300. The number of amides is 1. The zero-order valence-corrected chi connectivity index (χ0v) is 16.5. The Labute approximate surface area is 166 Å². The van der Waals surface area contributed by atoms with Crippen molar-refractivity contribution in [3.63, 3.8) is 0 Å². The van der Waals surface area contributed by atoms with Gasteiger partial charge in [0.15, 0.2) is 0 Å². The molecule has 1 aliphatic rings.